The molecule has 22 heavy (non-hydrogen) atoms. The summed E-state index contributed by atoms with van der Waals surface area (Å²) >= 11 is 5.99. The van der Waals surface area contributed by atoms with Gasteiger partial charge in [-0.25, -0.2) is 8.78 Å². The van der Waals surface area contributed by atoms with Gasteiger partial charge in [-0.3, -0.25) is 4.79 Å². The molecule has 2 rings (SSSR count). The number of amides is 1. The third kappa shape index (κ3) is 3.74. The second-order valence-electron chi connectivity index (χ2n) is 4.90. The minimum absolute atomic E-state index is 0.310. The van der Waals surface area contributed by atoms with Crippen molar-refractivity contribution in [2.75, 3.05) is 10.6 Å². The van der Waals surface area contributed by atoms with Crippen LogP contribution in [-0.4, -0.2) is 11.9 Å². The topological polar surface area (TPSA) is 41.1 Å². The van der Waals surface area contributed by atoms with E-state index in [0.29, 0.717) is 16.4 Å². The number of rotatable bonds is 4. The number of carbonyl (C=O) groups is 1. The standard InChI is InChI=1S/C16H15ClF2N2O/c1-9-12(17)4-3-5-15(9)21-16(22)10(2)20-11-6-7-13(18)14(19)8-11/h3-8,10,20H,1-2H3,(H,21,22). The number of hydrogen-bond acceptors (Lipinski definition) is 2. The number of benzene rings is 2. The van der Waals surface area contributed by atoms with Crippen LogP contribution in [0.1, 0.15) is 12.5 Å². The zero-order chi connectivity index (χ0) is 16.3. The third-order valence-electron chi connectivity index (χ3n) is 3.22. The van der Waals surface area contributed by atoms with E-state index in [4.69, 9.17) is 11.6 Å². The van der Waals surface area contributed by atoms with Crippen molar-refractivity contribution in [3.8, 4) is 0 Å². The highest BCUT2D eigenvalue weighted by Crippen LogP contribution is 2.23. The van der Waals surface area contributed by atoms with Gasteiger partial charge in [0.15, 0.2) is 11.6 Å². The van der Waals surface area contributed by atoms with Crippen molar-refractivity contribution in [1.82, 2.24) is 0 Å². The lowest BCUT2D eigenvalue weighted by Gasteiger charge is -2.16. The largest absolute Gasteiger partial charge is 0.374 e. The molecule has 0 spiro atoms. The summed E-state index contributed by atoms with van der Waals surface area (Å²) < 4.78 is 26.0. The first-order valence-electron chi connectivity index (χ1n) is 6.66. The Balaban J connectivity index is 2.06. The van der Waals surface area contributed by atoms with Gasteiger partial charge in [0.25, 0.3) is 0 Å². The second kappa shape index (κ2) is 6.75. The summed E-state index contributed by atoms with van der Waals surface area (Å²) in [6, 6.07) is 7.94. The molecule has 0 aliphatic carbocycles. The minimum Gasteiger partial charge on any atom is -0.374 e. The van der Waals surface area contributed by atoms with Gasteiger partial charge < -0.3 is 10.6 Å². The molecule has 0 radical (unpaired) electrons. The normalized spacial score (nSPS) is 11.9. The molecule has 1 unspecified atom stereocenters. The van der Waals surface area contributed by atoms with Gasteiger partial charge in [-0.15, -0.1) is 0 Å². The van der Waals surface area contributed by atoms with Crippen LogP contribution in [0.4, 0.5) is 20.2 Å². The lowest BCUT2D eigenvalue weighted by Crippen LogP contribution is -2.32. The summed E-state index contributed by atoms with van der Waals surface area (Å²) in [6.07, 6.45) is 0. The zero-order valence-electron chi connectivity index (χ0n) is 12.1. The molecule has 116 valence electrons. The van der Waals surface area contributed by atoms with Crippen LogP contribution < -0.4 is 10.6 Å². The lowest BCUT2D eigenvalue weighted by molar-refractivity contribution is -0.116. The van der Waals surface area contributed by atoms with E-state index < -0.39 is 17.7 Å². The second-order valence-corrected chi connectivity index (χ2v) is 5.30. The van der Waals surface area contributed by atoms with Gasteiger partial charge in [0.2, 0.25) is 5.91 Å². The maximum absolute atomic E-state index is 13.1. The van der Waals surface area contributed by atoms with Gasteiger partial charge in [0.05, 0.1) is 0 Å². The van der Waals surface area contributed by atoms with Crippen LogP contribution in [0, 0.1) is 18.6 Å². The molecule has 0 heterocycles. The summed E-state index contributed by atoms with van der Waals surface area (Å²) in [7, 11) is 0. The van der Waals surface area contributed by atoms with Gasteiger partial charge in [-0.05, 0) is 43.7 Å². The first-order chi connectivity index (χ1) is 10.4. The van der Waals surface area contributed by atoms with E-state index in [1.54, 1.807) is 32.0 Å². The van der Waals surface area contributed by atoms with Gasteiger partial charge >= 0.3 is 0 Å². The Morgan fingerprint density at radius 1 is 1.18 bits per heavy atom. The number of halogens is 3. The summed E-state index contributed by atoms with van der Waals surface area (Å²) in [5, 5.41) is 6.11. The van der Waals surface area contributed by atoms with E-state index >= 15 is 0 Å². The summed E-state index contributed by atoms with van der Waals surface area (Å²) in [5.74, 6) is -2.21. The van der Waals surface area contributed by atoms with Gasteiger partial charge in [-0.1, -0.05) is 17.7 Å². The Labute approximate surface area is 132 Å². The van der Waals surface area contributed by atoms with Crippen LogP contribution in [0.5, 0.6) is 0 Å². The van der Waals surface area contributed by atoms with E-state index in [1.807, 2.05) is 0 Å². The van der Waals surface area contributed by atoms with Gasteiger partial charge in [0.1, 0.15) is 6.04 Å². The third-order valence-corrected chi connectivity index (χ3v) is 3.63. The highest BCUT2D eigenvalue weighted by Gasteiger charge is 2.15. The average molecular weight is 325 g/mol. The van der Waals surface area contributed by atoms with Crippen molar-refractivity contribution in [3.05, 3.63) is 58.6 Å². The fourth-order valence-corrected chi connectivity index (χ4v) is 2.06. The van der Waals surface area contributed by atoms with E-state index in [0.717, 1.165) is 17.7 Å². The monoisotopic (exact) mass is 324 g/mol. The van der Waals surface area contributed by atoms with Crippen molar-refractivity contribution in [2.24, 2.45) is 0 Å². The van der Waals surface area contributed by atoms with Gasteiger partial charge in [0, 0.05) is 22.5 Å². The molecule has 3 nitrogen and oxygen atoms in total. The molecule has 0 aliphatic heterocycles. The molecular formula is C16H15ClF2N2O. The Morgan fingerprint density at radius 3 is 2.59 bits per heavy atom. The molecule has 0 saturated heterocycles. The molecule has 1 atom stereocenters. The van der Waals surface area contributed by atoms with Crippen molar-refractivity contribution in [1.29, 1.82) is 0 Å². The molecule has 2 N–H and O–H groups in total. The molecule has 0 aromatic heterocycles. The Morgan fingerprint density at radius 2 is 1.91 bits per heavy atom. The van der Waals surface area contributed by atoms with E-state index in [9.17, 15) is 13.6 Å². The van der Waals surface area contributed by atoms with Crippen LogP contribution in [-0.2, 0) is 4.79 Å². The van der Waals surface area contributed by atoms with E-state index in [2.05, 4.69) is 10.6 Å². The average Bonchev–Trinajstić information content (AvgIpc) is 2.47. The lowest BCUT2D eigenvalue weighted by atomic mass is 10.2. The predicted octanol–water partition coefficient (Wildman–Crippen LogP) is 4.37. The number of carbonyl (C=O) groups excluding carboxylic acids is 1. The summed E-state index contributed by atoms with van der Waals surface area (Å²) in [5.41, 5.74) is 1.69. The highest BCUT2D eigenvalue weighted by molar-refractivity contribution is 6.31. The Bertz CT molecular complexity index is 707. The predicted molar refractivity (Wildman–Crippen MR) is 84.3 cm³/mol. The SMILES string of the molecule is Cc1c(Cl)cccc1NC(=O)C(C)Nc1ccc(F)c(F)c1. The quantitative estimate of drug-likeness (QED) is 0.877. The van der Waals surface area contributed by atoms with Crippen LogP contribution in [0.25, 0.3) is 0 Å². The molecular weight excluding hydrogens is 310 g/mol. The Hall–Kier alpha value is -2.14. The van der Waals surface area contributed by atoms with Crippen LogP contribution in [0.2, 0.25) is 5.02 Å². The van der Waals surface area contributed by atoms with Crippen molar-refractivity contribution >= 4 is 28.9 Å². The zero-order valence-corrected chi connectivity index (χ0v) is 12.8. The minimum atomic E-state index is -0.969. The molecule has 2 aromatic rings. The number of hydrogen-bond donors (Lipinski definition) is 2. The van der Waals surface area contributed by atoms with Crippen LogP contribution in [0.3, 0.4) is 0 Å². The molecule has 1 amide bonds. The van der Waals surface area contributed by atoms with Crippen molar-refractivity contribution in [2.45, 2.75) is 19.9 Å². The maximum atomic E-state index is 13.1. The number of anilines is 2. The van der Waals surface area contributed by atoms with Crippen LogP contribution >= 0.6 is 11.6 Å². The smallest absolute Gasteiger partial charge is 0.246 e. The molecule has 0 aliphatic rings. The maximum Gasteiger partial charge on any atom is 0.246 e. The van der Waals surface area contributed by atoms with E-state index in [1.165, 1.54) is 6.07 Å². The summed E-state index contributed by atoms with van der Waals surface area (Å²) in [4.78, 5) is 12.1. The Kier molecular flexibility index (Phi) is 4.98. The molecule has 2 aromatic carbocycles. The number of nitrogens with one attached hydrogen (secondary N) is 2. The molecule has 0 saturated carbocycles. The fourth-order valence-electron chi connectivity index (χ4n) is 1.89. The van der Waals surface area contributed by atoms with Gasteiger partial charge in [-0.2, -0.15) is 0 Å². The van der Waals surface area contributed by atoms with Crippen LogP contribution in [0.15, 0.2) is 36.4 Å². The first kappa shape index (κ1) is 16.2. The van der Waals surface area contributed by atoms with Crippen molar-refractivity contribution < 1.29 is 13.6 Å². The first-order valence-corrected chi connectivity index (χ1v) is 7.04. The molecule has 0 bridgehead atoms. The van der Waals surface area contributed by atoms with E-state index in [-0.39, 0.29) is 5.91 Å². The summed E-state index contributed by atoms with van der Waals surface area (Å²) in [6.45, 7) is 3.42. The fraction of sp³-hybridized carbons (Fsp3) is 0.188. The molecule has 6 heteroatoms. The molecule has 0 fully saturated rings. The highest BCUT2D eigenvalue weighted by atomic mass is 35.5. The van der Waals surface area contributed by atoms with Crippen molar-refractivity contribution in [3.63, 3.8) is 0 Å².